The highest BCUT2D eigenvalue weighted by Gasteiger charge is 2.42. The van der Waals surface area contributed by atoms with E-state index in [0.717, 1.165) is 30.8 Å². The van der Waals surface area contributed by atoms with Crippen molar-refractivity contribution >= 4 is 17.3 Å². The van der Waals surface area contributed by atoms with Crippen molar-refractivity contribution in [1.29, 1.82) is 0 Å². The largest absolute Gasteiger partial charge is 0.480 e. The number of rotatable bonds is 3. The van der Waals surface area contributed by atoms with Crippen LogP contribution in [0.25, 0.3) is 0 Å². The quantitative estimate of drug-likeness (QED) is 0.881. The molecule has 1 fully saturated rings. The average molecular weight is 239 g/mol. The summed E-state index contributed by atoms with van der Waals surface area (Å²) in [7, 11) is 0. The number of hydrogen-bond acceptors (Lipinski definition) is 3. The normalized spacial score (nSPS) is 21.6. The Morgan fingerprint density at radius 3 is 2.62 bits per heavy atom. The smallest absolute Gasteiger partial charge is 0.329 e. The molecule has 88 valence electrons. The molecule has 1 aliphatic heterocycles. The van der Waals surface area contributed by atoms with E-state index < -0.39 is 11.5 Å². The van der Waals surface area contributed by atoms with Crippen LogP contribution in [-0.2, 0) is 10.3 Å². The molecule has 1 N–H and O–H groups in total. The molecule has 1 aromatic rings. The average Bonchev–Trinajstić information content (AvgIpc) is 2.82. The van der Waals surface area contributed by atoms with E-state index in [1.807, 2.05) is 24.4 Å². The van der Waals surface area contributed by atoms with Crippen LogP contribution >= 0.6 is 11.3 Å². The number of carboxylic acid groups (broad SMARTS) is 1. The van der Waals surface area contributed by atoms with Crippen LogP contribution in [0.1, 0.15) is 31.1 Å². The summed E-state index contributed by atoms with van der Waals surface area (Å²) in [6.45, 7) is 3.61. The molecule has 0 radical (unpaired) electrons. The van der Waals surface area contributed by atoms with Crippen molar-refractivity contribution < 1.29 is 9.90 Å². The second-order valence-electron chi connectivity index (χ2n) is 4.40. The highest BCUT2D eigenvalue weighted by molar-refractivity contribution is 7.10. The van der Waals surface area contributed by atoms with Gasteiger partial charge in [0.1, 0.15) is 0 Å². The number of piperidine rings is 1. The van der Waals surface area contributed by atoms with Gasteiger partial charge in [-0.1, -0.05) is 12.5 Å². The maximum absolute atomic E-state index is 11.6. The maximum atomic E-state index is 11.6. The Hall–Kier alpha value is -0.870. The molecule has 1 aliphatic rings. The predicted octanol–water partition coefficient (Wildman–Crippen LogP) is 2.53. The standard InChI is InChI=1S/C12H17NO2S/c1-12(11(14)15,10-6-5-9-16-10)13-7-3-2-4-8-13/h5-6,9H,2-4,7-8H2,1H3,(H,14,15). The number of aliphatic carboxylic acids is 1. The Morgan fingerprint density at radius 1 is 1.44 bits per heavy atom. The van der Waals surface area contributed by atoms with E-state index in [4.69, 9.17) is 0 Å². The van der Waals surface area contributed by atoms with E-state index in [0.29, 0.717) is 0 Å². The Morgan fingerprint density at radius 2 is 2.12 bits per heavy atom. The van der Waals surface area contributed by atoms with Gasteiger partial charge in [0, 0.05) is 4.88 Å². The molecule has 1 aromatic heterocycles. The van der Waals surface area contributed by atoms with Gasteiger partial charge in [-0.05, 0) is 44.3 Å². The topological polar surface area (TPSA) is 40.5 Å². The lowest BCUT2D eigenvalue weighted by Crippen LogP contribution is -2.51. The van der Waals surface area contributed by atoms with Gasteiger partial charge < -0.3 is 5.11 Å². The summed E-state index contributed by atoms with van der Waals surface area (Å²) >= 11 is 1.53. The molecule has 2 heterocycles. The third-order valence-corrected chi connectivity index (χ3v) is 4.49. The lowest BCUT2D eigenvalue weighted by Gasteiger charge is -2.39. The molecule has 16 heavy (non-hydrogen) atoms. The Labute approximate surface area is 99.7 Å². The van der Waals surface area contributed by atoms with E-state index in [1.165, 1.54) is 17.8 Å². The summed E-state index contributed by atoms with van der Waals surface area (Å²) in [5, 5.41) is 11.5. The molecule has 1 saturated heterocycles. The molecule has 0 aliphatic carbocycles. The van der Waals surface area contributed by atoms with Gasteiger partial charge in [-0.25, -0.2) is 4.79 Å². The van der Waals surface area contributed by atoms with Gasteiger partial charge in [0.15, 0.2) is 5.54 Å². The van der Waals surface area contributed by atoms with E-state index in [-0.39, 0.29) is 0 Å². The van der Waals surface area contributed by atoms with Gasteiger partial charge in [0.05, 0.1) is 0 Å². The number of carboxylic acids is 1. The zero-order chi connectivity index (χ0) is 11.6. The van der Waals surface area contributed by atoms with Crippen LogP contribution in [0.5, 0.6) is 0 Å². The molecule has 1 unspecified atom stereocenters. The molecular weight excluding hydrogens is 222 g/mol. The number of nitrogens with zero attached hydrogens (tertiary/aromatic N) is 1. The summed E-state index contributed by atoms with van der Waals surface area (Å²) in [5.41, 5.74) is -0.839. The number of likely N-dealkylation sites (tertiary alicyclic amines) is 1. The minimum atomic E-state index is -0.839. The first-order valence-corrected chi connectivity index (χ1v) is 6.56. The molecule has 3 nitrogen and oxygen atoms in total. The van der Waals surface area contributed by atoms with Crippen molar-refractivity contribution in [2.75, 3.05) is 13.1 Å². The zero-order valence-corrected chi connectivity index (χ0v) is 10.3. The van der Waals surface area contributed by atoms with Crippen LogP contribution in [0.3, 0.4) is 0 Å². The summed E-state index contributed by atoms with van der Waals surface area (Å²) in [5.74, 6) is -0.739. The molecule has 1 atom stereocenters. The lowest BCUT2D eigenvalue weighted by atomic mass is 9.94. The van der Waals surface area contributed by atoms with Crippen LogP contribution in [0.15, 0.2) is 17.5 Å². The lowest BCUT2D eigenvalue weighted by molar-refractivity contribution is -0.151. The maximum Gasteiger partial charge on any atom is 0.329 e. The van der Waals surface area contributed by atoms with Crippen molar-refractivity contribution in [3.05, 3.63) is 22.4 Å². The van der Waals surface area contributed by atoms with Gasteiger partial charge in [0.25, 0.3) is 0 Å². The number of carbonyl (C=O) groups is 1. The van der Waals surface area contributed by atoms with Crippen molar-refractivity contribution in [3.8, 4) is 0 Å². The predicted molar refractivity (Wildman–Crippen MR) is 64.7 cm³/mol. The Balaban J connectivity index is 2.31. The summed E-state index contributed by atoms with van der Waals surface area (Å²) < 4.78 is 0. The third kappa shape index (κ3) is 1.87. The molecule has 4 heteroatoms. The summed E-state index contributed by atoms with van der Waals surface area (Å²) in [6.07, 6.45) is 3.43. The van der Waals surface area contributed by atoms with Crippen LogP contribution in [0.2, 0.25) is 0 Å². The Kier molecular flexibility index (Phi) is 3.30. The van der Waals surface area contributed by atoms with Gasteiger partial charge in [-0.3, -0.25) is 4.90 Å². The van der Waals surface area contributed by atoms with Gasteiger partial charge >= 0.3 is 5.97 Å². The second kappa shape index (κ2) is 4.55. The van der Waals surface area contributed by atoms with Gasteiger partial charge in [0.2, 0.25) is 0 Å². The van der Waals surface area contributed by atoms with Crippen LogP contribution < -0.4 is 0 Å². The third-order valence-electron chi connectivity index (χ3n) is 3.41. The minimum absolute atomic E-state index is 0.739. The van der Waals surface area contributed by atoms with Crippen molar-refractivity contribution in [1.82, 2.24) is 4.90 Å². The van der Waals surface area contributed by atoms with Gasteiger partial charge in [-0.15, -0.1) is 11.3 Å². The van der Waals surface area contributed by atoms with E-state index in [1.54, 1.807) is 0 Å². The molecule has 0 aromatic carbocycles. The van der Waals surface area contributed by atoms with Crippen molar-refractivity contribution in [2.45, 2.75) is 31.7 Å². The number of thiophene rings is 1. The molecule has 0 spiro atoms. The van der Waals surface area contributed by atoms with Crippen LogP contribution in [0.4, 0.5) is 0 Å². The van der Waals surface area contributed by atoms with Crippen molar-refractivity contribution in [2.24, 2.45) is 0 Å². The molecule has 0 saturated carbocycles. The van der Waals surface area contributed by atoms with E-state index in [2.05, 4.69) is 4.90 Å². The van der Waals surface area contributed by atoms with Crippen molar-refractivity contribution in [3.63, 3.8) is 0 Å². The molecule has 0 amide bonds. The Bertz CT molecular complexity index is 357. The summed E-state index contributed by atoms with van der Waals surface area (Å²) in [6, 6.07) is 3.85. The second-order valence-corrected chi connectivity index (χ2v) is 5.35. The fourth-order valence-electron chi connectivity index (χ4n) is 2.29. The van der Waals surface area contributed by atoms with Crippen LogP contribution in [0, 0.1) is 0 Å². The molecule has 0 bridgehead atoms. The first-order chi connectivity index (χ1) is 7.65. The zero-order valence-electron chi connectivity index (χ0n) is 9.48. The fraction of sp³-hybridized carbons (Fsp3) is 0.583. The first-order valence-electron chi connectivity index (χ1n) is 5.68. The SMILES string of the molecule is CC(C(=O)O)(c1cccs1)N1CCCCC1. The first kappa shape index (κ1) is 11.6. The monoisotopic (exact) mass is 239 g/mol. The van der Waals surface area contributed by atoms with Gasteiger partial charge in [-0.2, -0.15) is 0 Å². The summed E-state index contributed by atoms with van der Waals surface area (Å²) in [4.78, 5) is 14.6. The molecule has 2 rings (SSSR count). The fourth-order valence-corrected chi connectivity index (χ4v) is 3.20. The van der Waals surface area contributed by atoms with E-state index >= 15 is 0 Å². The number of hydrogen-bond donors (Lipinski definition) is 1. The molecular formula is C12H17NO2S. The highest BCUT2D eigenvalue weighted by atomic mass is 32.1. The van der Waals surface area contributed by atoms with E-state index in [9.17, 15) is 9.90 Å². The highest BCUT2D eigenvalue weighted by Crippen LogP contribution is 2.34. The minimum Gasteiger partial charge on any atom is -0.480 e. The van der Waals surface area contributed by atoms with Crippen LogP contribution in [-0.4, -0.2) is 29.1 Å².